The van der Waals surface area contributed by atoms with Gasteiger partial charge in [0.2, 0.25) is 17.8 Å². The van der Waals surface area contributed by atoms with Crippen LogP contribution in [0.5, 0.6) is 0 Å². The average molecular weight is 347 g/mol. The Labute approximate surface area is 147 Å². The highest BCUT2D eigenvalue weighted by Gasteiger charge is 2.41. The summed E-state index contributed by atoms with van der Waals surface area (Å²) in [5.41, 5.74) is 0.818. The van der Waals surface area contributed by atoms with Crippen molar-refractivity contribution in [3.63, 3.8) is 0 Å². The SMILES string of the molecule is CNC(=O)[C@@H]1CN(C(=O)COC)C[C@H]1c1ccnc(N2CCCC2)n1. The van der Waals surface area contributed by atoms with Gasteiger partial charge in [0.15, 0.2) is 0 Å². The molecule has 1 aromatic heterocycles. The number of carbonyl (C=O) groups excluding carboxylic acids is 2. The lowest BCUT2D eigenvalue weighted by molar-refractivity contribution is -0.134. The van der Waals surface area contributed by atoms with Gasteiger partial charge in [0, 0.05) is 52.5 Å². The van der Waals surface area contributed by atoms with Crippen LogP contribution in [-0.2, 0) is 14.3 Å². The van der Waals surface area contributed by atoms with E-state index in [4.69, 9.17) is 9.72 Å². The molecule has 0 spiro atoms. The van der Waals surface area contributed by atoms with Crippen LogP contribution >= 0.6 is 0 Å². The molecule has 0 aromatic carbocycles. The lowest BCUT2D eigenvalue weighted by Crippen LogP contribution is -2.35. The number of hydrogen-bond acceptors (Lipinski definition) is 6. The van der Waals surface area contributed by atoms with E-state index < -0.39 is 0 Å². The van der Waals surface area contributed by atoms with Crippen molar-refractivity contribution < 1.29 is 14.3 Å². The van der Waals surface area contributed by atoms with Crippen LogP contribution in [-0.4, -0.2) is 73.6 Å². The van der Waals surface area contributed by atoms with E-state index in [0.29, 0.717) is 19.0 Å². The Hall–Kier alpha value is -2.22. The van der Waals surface area contributed by atoms with Gasteiger partial charge in [-0.15, -0.1) is 0 Å². The van der Waals surface area contributed by atoms with Crippen LogP contribution in [0.1, 0.15) is 24.5 Å². The number of likely N-dealkylation sites (tertiary alicyclic amines) is 1. The van der Waals surface area contributed by atoms with E-state index in [1.165, 1.54) is 7.11 Å². The summed E-state index contributed by atoms with van der Waals surface area (Å²) in [6, 6.07) is 1.85. The highest BCUT2D eigenvalue weighted by Crippen LogP contribution is 2.32. The Morgan fingerprint density at radius 3 is 2.76 bits per heavy atom. The minimum absolute atomic E-state index is 0.0238. The Kier molecular flexibility index (Phi) is 5.47. The van der Waals surface area contributed by atoms with Crippen molar-refractivity contribution in [2.45, 2.75) is 18.8 Å². The highest BCUT2D eigenvalue weighted by atomic mass is 16.5. The second kappa shape index (κ2) is 7.77. The van der Waals surface area contributed by atoms with Crippen molar-refractivity contribution in [1.29, 1.82) is 0 Å². The third kappa shape index (κ3) is 3.73. The first-order valence-corrected chi connectivity index (χ1v) is 8.70. The molecule has 0 aliphatic carbocycles. The average Bonchev–Trinajstić information content (AvgIpc) is 3.31. The molecule has 1 N–H and O–H groups in total. The van der Waals surface area contributed by atoms with Crippen molar-refractivity contribution in [2.24, 2.45) is 5.92 Å². The number of carbonyl (C=O) groups is 2. The molecule has 8 heteroatoms. The van der Waals surface area contributed by atoms with Crippen LogP contribution < -0.4 is 10.2 Å². The second-order valence-electron chi connectivity index (χ2n) is 6.53. The summed E-state index contributed by atoms with van der Waals surface area (Å²) in [6.45, 7) is 2.80. The quantitative estimate of drug-likeness (QED) is 0.807. The smallest absolute Gasteiger partial charge is 0.248 e. The monoisotopic (exact) mass is 347 g/mol. The molecule has 8 nitrogen and oxygen atoms in total. The molecule has 2 saturated heterocycles. The third-order valence-corrected chi connectivity index (χ3v) is 4.96. The molecule has 1 aromatic rings. The number of hydrogen-bond donors (Lipinski definition) is 1. The summed E-state index contributed by atoms with van der Waals surface area (Å²) in [7, 11) is 3.11. The first kappa shape index (κ1) is 17.6. The zero-order valence-corrected chi connectivity index (χ0v) is 14.8. The van der Waals surface area contributed by atoms with Crippen LogP contribution in [0, 0.1) is 5.92 Å². The minimum Gasteiger partial charge on any atom is -0.375 e. The molecule has 136 valence electrons. The zero-order valence-electron chi connectivity index (χ0n) is 14.8. The number of nitrogens with one attached hydrogen (secondary N) is 1. The molecular weight excluding hydrogens is 322 g/mol. The van der Waals surface area contributed by atoms with Crippen molar-refractivity contribution in [1.82, 2.24) is 20.2 Å². The molecule has 0 bridgehead atoms. The van der Waals surface area contributed by atoms with E-state index in [0.717, 1.165) is 31.6 Å². The fraction of sp³-hybridized carbons (Fsp3) is 0.647. The molecule has 0 unspecified atom stereocenters. The van der Waals surface area contributed by atoms with E-state index in [9.17, 15) is 9.59 Å². The van der Waals surface area contributed by atoms with Crippen molar-refractivity contribution >= 4 is 17.8 Å². The summed E-state index contributed by atoms with van der Waals surface area (Å²) >= 11 is 0. The Bertz CT molecular complexity index is 632. The second-order valence-corrected chi connectivity index (χ2v) is 6.53. The highest BCUT2D eigenvalue weighted by molar-refractivity contribution is 5.83. The van der Waals surface area contributed by atoms with Gasteiger partial charge in [0.05, 0.1) is 11.6 Å². The topological polar surface area (TPSA) is 87.7 Å². The Balaban J connectivity index is 1.83. The van der Waals surface area contributed by atoms with Gasteiger partial charge in [-0.1, -0.05) is 0 Å². The van der Waals surface area contributed by atoms with Gasteiger partial charge in [-0.2, -0.15) is 0 Å². The fourth-order valence-electron chi connectivity index (χ4n) is 3.61. The van der Waals surface area contributed by atoms with Crippen LogP contribution in [0.15, 0.2) is 12.3 Å². The van der Waals surface area contributed by atoms with Gasteiger partial charge < -0.3 is 19.9 Å². The fourth-order valence-corrected chi connectivity index (χ4v) is 3.61. The van der Waals surface area contributed by atoms with Gasteiger partial charge in [0.1, 0.15) is 6.61 Å². The summed E-state index contributed by atoms with van der Waals surface area (Å²) in [4.78, 5) is 37.5. The Morgan fingerprint density at radius 1 is 1.32 bits per heavy atom. The number of methoxy groups -OCH3 is 1. The van der Waals surface area contributed by atoms with Crippen molar-refractivity contribution in [3.8, 4) is 0 Å². The van der Waals surface area contributed by atoms with Crippen molar-refractivity contribution in [2.75, 3.05) is 51.8 Å². The van der Waals surface area contributed by atoms with E-state index in [2.05, 4.69) is 15.2 Å². The molecule has 2 atom stereocenters. The van der Waals surface area contributed by atoms with Crippen LogP contribution in [0.25, 0.3) is 0 Å². The standard InChI is InChI=1S/C17H25N5O3/c1-18-16(24)13-10-22(15(23)11-25-2)9-12(13)14-5-6-19-17(20-14)21-7-3-4-8-21/h5-6,12-13H,3-4,7-11H2,1-2H3,(H,18,24)/t12-,13-/m1/s1. The molecular formula is C17H25N5O3. The lowest BCUT2D eigenvalue weighted by atomic mass is 9.92. The van der Waals surface area contributed by atoms with Crippen LogP contribution in [0.4, 0.5) is 5.95 Å². The van der Waals surface area contributed by atoms with Gasteiger partial charge in [0.25, 0.3) is 0 Å². The summed E-state index contributed by atoms with van der Waals surface area (Å²) < 4.78 is 4.94. The molecule has 0 radical (unpaired) electrons. The van der Waals surface area contributed by atoms with Crippen LogP contribution in [0.2, 0.25) is 0 Å². The molecule has 0 saturated carbocycles. The molecule has 2 aliphatic rings. The normalized spacial score (nSPS) is 23.1. The number of amides is 2. The first-order chi connectivity index (χ1) is 12.1. The van der Waals surface area contributed by atoms with Gasteiger partial charge in [-0.3, -0.25) is 9.59 Å². The largest absolute Gasteiger partial charge is 0.375 e. The van der Waals surface area contributed by atoms with Gasteiger partial charge >= 0.3 is 0 Å². The van der Waals surface area contributed by atoms with E-state index >= 15 is 0 Å². The van der Waals surface area contributed by atoms with E-state index in [-0.39, 0.29) is 30.3 Å². The zero-order chi connectivity index (χ0) is 17.8. The summed E-state index contributed by atoms with van der Waals surface area (Å²) in [6.07, 6.45) is 4.05. The summed E-state index contributed by atoms with van der Waals surface area (Å²) in [5.74, 6) is 0.0938. The Morgan fingerprint density at radius 2 is 2.08 bits per heavy atom. The molecule has 2 fully saturated rings. The minimum atomic E-state index is -0.313. The molecule has 2 aliphatic heterocycles. The molecule has 2 amide bonds. The van der Waals surface area contributed by atoms with E-state index in [1.807, 2.05) is 6.07 Å². The van der Waals surface area contributed by atoms with Gasteiger partial charge in [-0.25, -0.2) is 9.97 Å². The van der Waals surface area contributed by atoms with Crippen molar-refractivity contribution in [3.05, 3.63) is 18.0 Å². The molecule has 3 heterocycles. The van der Waals surface area contributed by atoms with Gasteiger partial charge in [-0.05, 0) is 18.9 Å². The third-order valence-electron chi connectivity index (χ3n) is 4.96. The maximum Gasteiger partial charge on any atom is 0.248 e. The maximum atomic E-state index is 12.3. The lowest BCUT2D eigenvalue weighted by Gasteiger charge is -2.19. The summed E-state index contributed by atoms with van der Waals surface area (Å²) in [5, 5.41) is 2.71. The number of aromatic nitrogens is 2. The number of nitrogens with zero attached hydrogens (tertiary/aromatic N) is 4. The van der Waals surface area contributed by atoms with E-state index in [1.54, 1.807) is 18.1 Å². The molecule has 3 rings (SSSR count). The number of rotatable bonds is 5. The van der Waals surface area contributed by atoms with Crippen LogP contribution in [0.3, 0.4) is 0 Å². The number of ether oxygens (including phenoxy) is 1. The predicted molar refractivity (Wildman–Crippen MR) is 92.2 cm³/mol. The first-order valence-electron chi connectivity index (χ1n) is 8.70. The maximum absolute atomic E-state index is 12.3. The molecule has 25 heavy (non-hydrogen) atoms. The number of anilines is 1. The predicted octanol–water partition coefficient (Wildman–Crippen LogP) is 0.0112.